The molecule has 2 nitrogen and oxygen atoms in total. The Labute approximate surface area is 43.6 Å². The van der Waals surface area contributed by atoms with Gasteiger partial charge in [0, 0.05) is 6.04 Å². The predicted molar refractivity (Wildman–Crippen MR) is 29.9 cm³/mol. The highest BCUT2D eigenvalue weighted by molar-refractivity contribution is 4.83. The third kappa shape index (κ3) is 2.37. The van der Waals surface area contributed by atoms with Crippen LogP contribution in [0, 0.1) is 0 Å². The van der Waals surface area contributed by atoms with E-state index in [2.05, 4.69) is 6.58 Å². The molecule has 0 saturated carbocycles. The van der Waals surface area contributed by atoms with Gasteiger partial charge in [-0.25, -0.2) is 0 Å². The SMILES string of the molecule is C=C[C@@H](O)[C@H](C)N. The average Bonchev–Trinajstić information content (AvgIpc) is 1.65. The lowest BCUT2D eigenvalue weighted by molar-refractivity contribution is 0.198. The quantitative estimate of drug-likeness (QED) is 0.476. The van der Waals surface area contributed by atoms with Gasteiger partial charge in [0.1, 0.15) is 0 Å². The van der Waals surface area contributed by atoms with Crippen molar-refractivity contribution in [2.24, 2.45) is 5.73 Å². The fourth-order valence-electron chi connectivity index (χ4n) is 0.215. The molecule has 2 heteroatoms. The van der Waals surface area contributed by atoms with Crippen LogP contribution in [0.2, 0.25) is 0 Å². The first-order valence-corrected chi connectivity index (χ1v) is 2.24. The minimum Gasteiger partial charge on any atom is -0.387 e. The first kappa shape index (κ1) is 6.66. The Kier molecular flexibility index (Phi) is 2.64. The Morgan fingerprint density at radius 2 is 2.29 bits per heavy atom. The maximum absolute atomic E-state index is 8.69. The number of rotatable bonds is 2. The Balaban J connectivity index is 3.33. The van der Waals surface area contributed by atoms with Crippen LogP contribution in [-0.4, -0.2) is 17.3 Å². The van der Waals surface area contributed by atoms with Crippen molar-refractivity contribution in [3.8, 4) is 0 Å². The summed E-state index contributed by atoms with van der Waals surface area (Å²) in [6.07, 6.45) is 0.866. The lowest BCUT2D eigenvalue weighted by Gasteiger charge is -2.06. The standard InChI is InChI=1S/C5H11NO/c1-3-5(7)4(2)6/h3-5,7H,1,6H2,2H3/t4-,5+/m0/s1. The van der Waals surface area contributed by atoms with E-state index in [4.69, 9.17) is 10.8 Å². The summed E-state index contributed by atoms with van der Waals surface area (Å²) in [5, 5.41) is 8.69. The van der Waals surface area contributed by atoms with E-state index in [0.29, 0.717) is 0 Å². The van der Waals surface area contributed by atoms with Crippen LogP contribution in [0.3, 0.4) is 0 Å². The largest absolute Gasteiger partial charge is 0.387 e. The summed E-state index contributed by atoms with van der Waals surface area (Å²) in [7, 11) is 0. The first-order valence-electron chi connectivity index (χ1n) is 2.24. The average molecular weight is 101 g/mol. The van der Waals surface area contributed by atoms with Crippen LogP contribution < -0.4 is 5.73 Å². The minimum atomic E-state index is -0.556. The smallest absolute Gasteiger partial charge is 0.0866 e. The molecule has 0 aliphatic carbocycles. The molecule has 2 atom stereocenters. The molecule has 0 rings (SSSR count). The molecule has 0 heterocycles. The Morgan fingerprint density at radius 3 is 2.29 bits per heavy atom. The van der Waals surface area contributed by atoms with Crippen molar-refractivity contribution in [1.29, 1.82) is 0 Å². The van der Waals surface area contributed by atoms with Crippen LogP contribution in [0.25, 0.3) is 0 Å². The molecule has 42 valence electrons. The van der Waals surface area contributed by atoms with Crippen molar-refractivity contribution >= 4 is 0 Å². The van der Waals surface area contributed by atoms with E-state index in [0.717, 1.165) is 0 Å². The third-order valence-electron chi connectivity index (χ3n) is 0.780. The molecule has 0 radical (unpaired) electrons. The van der Waals surface area contributed by atoms with Gasteiger partial charge in [-0.05, 0) is 6.92 Å². The van der Waals surface area contributed by atoms with Gasteiger partial charge in [-0.15, -0.1) is 6.58 Å². The van der Waals surface area contributed by atoms with E-state index in [1.165, 1.54) is 6.08 Å². The Bertz CT molecular complexity index is 61.1. The van der Waals surface area contributed by atoms with Crippen molar-refractivity contribution < 1.29 is 5.11 Å². The second-order valence-corrected chi connectivity index (χ2v) is 1.59. The predicted octanol–water partition coefficient (Wildman–Crippen LogP) is -0.120. The van der Waals surface area contributed by atoms with Crippen LogP contribution in [0.1, 0.15) is 6.92 Å². The molecule has 0 amide bonds. The zero-order valence-corrected chi connectivity index (χ0v) is 4.46. The molecule has 0 bridgehead atoms. The van der Waals surface area contributed by atoms with Gasteiger partial charge in [-0.3, -0.25) is 0 Å². The van der Waals surface area contributed by atoms with Gasteiger partial charge in [0.2, 0.25) is 0 Å². The molecule has 0 aromatic carbocycles. The number of hydrogen-bond acceptors (Lipinski definition) is 2. The molecule has 0 aromatic heterocycles. The fourth-order valence-corrected chi connectivity index (χ4v) is 0.215. The number of aliphatic hydroxyl groups excluding tert-OH is 1. The maximum atomic E-state index is 8.69. The van der Waals surface area contributed by atoms with Crippen molar-refractivity contribution in [2.75, 3.05) is 0 Å². The topological polar surface area (TPSA) is 46.2 Å². The molecule has 0 spiro atoms. The Morgan fingerprint density at radius 1 is 1.86 bits per heavy atom. The Hall–Kier alpha value is -0.340. The van der Waals surface area contributed by atoms with Gasteiger partial charge >= 0.3 is 0 Å². The molecule has 3 N–H and O–H groups in total. The molecule has 0 aliphatic rings. The summed E-state index contributed by atoms with van der Waals surface area (Å²) >= 11 is 0. The normalized spacial score (nSPS) is 18.1. The zero-order valence-electron chi connectivity index (χ0n) is 4.46. The van der Waals surface area contributed by atoms with E-state index in [1.807, 2.05) is 0 Å². The summed E-state index contributed by atoms with van der Waals surface area (Å²) in [5.41, 5.74) is 5.23. The van der Waals surface area contributed by atoms with E-state index in [-0.39, 0.29) is 6.04 Å². The summed E-state index contributed by atoms with van der Waals surface area (Å²) < 4.78 is 0. The van der Waals surface area contributed by atoms with Gasteiger partial charge < -0.3 is 10.8 Å². The second-order valence-electron chi connectivity index (χ2n) is 1.59. The summed E-state index contributed by atoms with van der Waals surface area (Å²) in [5.74, 6) is 0. The van der Waals surface area contributed by atoms with Crippen LogP contribution in [0.15, 0.2) is 12.7 Å². The van der Waals surface area contributed by atoms with Gasteiger partial charge in [0.25, 0.3) is 0 Å². The molecule has 0 aliphatic heterocycles. The lowest BCUT2D eigenvalue weighted by Crippen LogP contribution is -2.29. The van der Waals surface area contributed by atoms with Crippen molar-refractivity contribution in [2.45, 2.75) is 19.1 Å². The number of nitrogens with two attached hydrogens (primary N) is 1. The highest BCUT2D eigenvalue weighted by Gasteiger charge is 2.00. The van der Waals surface area contributed by atoms with Crippen LogP contribution >= 0.6 is 0 Å². The van der Waals surface area contributed by atoms with Gasteiger partial charge in [-0.2, -0.15) is 0 Å². The van der Waals surface area contributed by atoms with E-state index >= 15 is 0 Å². The monoisotopic (exact) mass is 101 g/mol. The summed E-state index contributed by atoms with van der Waals surface area (Å²) in [6.45, 7) is 5.08. The first-order chi connectivity index (χ1) is 3.18. The molecule has 0 aromatic rings. The van der Waals surface area contributed by atoms with Crippen LogP contribution in [0.4, 0.5) is 0 Å². The summed E-state index contributed by atoms with van der Waals surface area (Å²) in [4.78, 5) is 0. The molecular weight excluding hydrogens is 90.1 g/mol. The second kappa shape index (κ2) is 2.77. The molecule has 0 fully saturated rings. The zero-order chi connectivity index (χ0) is 5.86. The van der Waals surface area contributed by atoms with Gasteiger partial charge in [0.15, 0.2) is 0 Å². The van der Waals surface area contributed by atoms with Crippen LogP contribution in [0.5, 0.6) is 0 Å². The number of aliphatic hydroxyl groups is 1. The molecule has 0 unspecified atom stereocenters. The highest BCUT2D eigenvalue weighted by atomic mass is 16.3. The number of hydrogen-bond donors (Lipinski definition) is 2. The molecular formula is C5H11NO. The fraction of sp³-hybridized carbons (Fsp3) is 0.600. The van der Waals surface area contributed by atoms with Crippen molar-refractivity contribution in [1.82, 2.24) is 0 Å². The van der Waals surface area contributed by atoms with E-state index in [9.17, 15) is 0 Å². The highest BCUT2D eigenvalue weighted by Crippen LogP contribution is 1.86. The van der Waals surface area contributed by atoms with E-state index in [1.54, 1.807) is 6.92 Å². The summed E-state index contributed by atoms with van der Waals surface area (Å²) in [6, 6.07) is -0.197. The van der Waals surface area contributed by atoms with Crippen molar-refractivity contribution in [3.05, 3.63) is 12.7 Å². The van der Waals surface area contributed by atoms with Gasteiger partial charge in [-0.1, -0.05) is 6.08 Å². The van der Waals surface area contributed by atoms with Gasteiger partial charge in [0.05, 0.1) is 6.10 Å². The lowest BCUT2D eigenvalue weighted by atomic mass is 10.2. The van der Waals surface area contributed by atoms with Crippen molar-refractivity contribution in [3.63, 3.8) is 0 Å². The van der Waals surface area contributed by atoms with E-state index < -0.39 is 6.10 Å². The minimum absolute atomic E-state index is 0.197. The third-order valence-corrected chi connectivity index (χ3v) is 0.780. The maximum Gasteiger partial charge on any atom is 0.0866 e. The van der Waals surface area contributed by atoms with Crippen LogP contribution in [-0.2, 0) is 0 Å². The molecule has 0 saturated heterocycles. The molecule has 7 heavy (non-hydrogen) atoms.